The zero-order chi connectivity index (χ0) is 9.68. The van der Waals surface area contributed by atoms with Crippen molar-refractivity contribution in [2.24, 2.45) is 0 Å². The highest BCUT2D eigenvalue weighted by molar-refractivity contribution is 9.12. The highest BCUT2D eigenvalue weighted by Crippen LogP contribution is 2.16. The van der Waals surface area contributed by atoms with Gasteiger partial charge < -0.3 is 4.74 Å². The van der Waals surface area contributed by atoms with Crippen molar-refractivity contribution in [3.8, 4) is 5.75 Å². The third kappa shape index (κ3) is 3.03. The van der Waals surface area contributed by atoms with Crippen molar-refractivity contribution < 1.29 is 9.53 Å². The van der Waals surface area contributed by atoms with E-state index in [4.69, 9.17) is 4.74 Å². The van der Waals surface area contributed by atoms with Gasteiger partial charge in [0.1, 0.15) is 5.75 Å². The van der Waals surface area contributed by atoms with E-state index in [1.54, 1.807) is 13.2 Å². The molecule has 0 atom stereocenters. The number of halogens is 1. The van der Waals surface area contributed by atoms with Crippen molar-refractivity contribution in [2.45, 2.75) is 0 Å². The standard InChI is InChI=1S/C10H9BrO2/c1-13-10-4-2-3-8(6-10)5-9(11)7-12/h2-7H,1H3/b9-5-. The molecule has 0 aliphatic heterocycles. The number of benzene rings is 1. The minimum Gasteiger partial charge on any atom is -0.497 e. The Hall–Kier alpha value is -1.09. The van der Waals surface area contributed by atoms with Gasteiger partial charge in [-0.3, -0.25) is 4.79 Å². The smallest absolute Gasteiger partial charge is 0.157 e. The van der Waals surface area contributed by atoms with Crippen molar-refractivity contribution >= 4 is 28.3 Å². The molecule has 13 heavy (non-hydrogen) atoms. The Kier molecular flexibility index (Phi) is 3.71. The number of allylic oxidation sites excluding steroid dienone is 1. The lowest BCUT2D eigenvalue weighted by Gasteiger charge is -1.99. The molecule has 0 saturated heterocycles. The van der Waals surface area contributed by atoms with E-state index in [1.165, 1.54) is 0 Å². The van der Waals surface area contributed by atoms with Crippen LogP contribution in [0.4, 0.5) is 0 Å². The Morgan fingerprint density at radius 3 is 2.92 bits per heavy atom. The minimum absolute atomic E-state index is 0.515. The van der Waals surface area contributed by atoms with Gasteiger partial charge in [-0.05, 0) is 39.7 Å². The molecule has 0 saturated carbocycles. The number of carbonyl (C=O) groups is 1. The molecule has 1 aromatic carbocycles. The molecule has 3 heteroatoms. The van der Waals surface area contributed by atoms with Crippen LogP contribution in [0.2, 0.25) is 0 Å². The average molecular weight is 241 g/mol. The quantitative estimate of drug-likeness (QED) is 0.600. The molecule has 0 fully saturated rings. The predicted molar refractivity (Wildman–Crippen MR) is 56.0 cm³/mol. The summed E-state index contributed by atoms with van der Waals surface area (Å²) in [5.74, 6) is 0.778. The first-order valence-electron chi connectivity index (χ1n) is 3.72. The van der Waals surface area contributed by atoms with Gasteiger partial charge in [0.05, 0.1) is 11.6 Å². The Morgan fingerprint density at radius 1 is 1.54 bits per heavy atom. The zero-order valence-corrected chi connectivity index (χ0v) is 8.74. The van der Waals surface area contributed by atoms with Crippen LogP contribution >= 0.6 is 15.9 Å². The highest BCUT2D eigenvalue weighted by atomic mass is 79.9. The summed E-state index contributed by atoms with van der Waals surface area (Å²) in [5, 5.41) is 0. The van der Waals surface area contributed by atoms with Crippen LogP contribution in [0, 0.1) is 0 Å². The Labute approximate surface area is 85.3 Å². The summed E-state index contributed by atoms with van der Waals surface area (Å²) in [4.78, 5) is 10.3. The van der Waals surface area contributed by atoms with E-state index >= 15 is 0 Å². The second-order valence-corrected chi connectivity index (χ2v) is 3.34. The van der Waals surface area contributed by atoms with Crippen LogP contribution in [0.25, 0.3) is 6.08 Å². The molecule has 0 amide bonds. The molecule has 0 N–H and O–H groups in total. The van der Waals surface area contributed by atoms with Gasteiger partial charge in [-0.1, -0.05) is 12.1 Å². The number of hydrogen-bond acceptors (Lipinski definition) is 2. The van der Waals surface area contributed by atoms with Gasteiger partial charge in [0.2, 0.25) is 0 Å². The van der Waals surface area contributed by atoms with Gasteiger partial charge in [0, 0.05) is 0 Å². The Bertz CT molecular complexity index is 331. The van der Waals surface area contributed by atoms with E-state index in [0.717, 1.165) is 17.6 Å². The van der Waals surface area contributed by atoms with E-state index < -0.39 is 0 Å². The second kappa shape index (κ2) is 4.82. The second-order valence-electron chi connectivity index (χ2n) is 2.42. The topological polar surface area (TPSA) is 26.3 Å². The summed E-state index contributed by atoms with van der Waals surface area (Å²) < 4.78 is 5.55. The molecule has 0 bridgehead atoms. The fourth-order valence-corrected chi connectivity index (χ4v) is 1.19. The summed E-state index contributed by atoms with van der Waals surface area (Å²) in [5.41, 5.74) is 0.929. The van der Waals surface area contributed by atoms with Gasteiger partial charge in [-0.15, -0.1) is 0 Å². The van der Waals surface area contributed by atoms with Crippen LogP contribution in [0.15, 0.2) is 28.7 Å². The molecule has 68 valence electrons. The fourth-order valence-electron chi connectivity index (χ4n) is 0.925. The first-order valence-corrected chi connectivity index (χ1v) is 4.52. The summed E-state index contributed by atoms with van der Waals surface area (Å²) in [6, 6.07) is 7.47. The number of ether oxygens (including phenoxy) is 1. The predicted octanol–water partition coefficient (Wildman–Crippen LogP) is 2.63. The largest absolute Gasteiger partial charge is 0.497 e. The van der Waals surface area contributed by atoms with E-state index in [-0.39, 0.29) is 0 Å². The molecule has 0 spiro atoms. The molecular formula is C10H9BrO2. The normalized spacial score (nSPS) is 11.1. The maximum absolute atomic E-state index is 10.3. The van der Waals surface area contributed by atoms with E-state index in [9.17, 15) is 4.79 Å². The molecular weight excluding hydrogens is 232 g/mol. The monoisotopic (exact) mass is 240 g/mol. The van der Waals surface area contributed by atoms with Gasteiger partial charge >= 0.3 is 0 Å². The summed E-state index contributed by atoms with van der Waals surface area (Å²) in [7, 11) is 1.61. The van der Waals surface area contributed by atoms with Crippen molar-refractivity contribution in [2.75, 3.05) is 7.11 Å². The van der Waals surface area contributed by atoms with Crippen LogP contribution in [0.3, 0.4) is 0 Å². The number of aldehydes is 1. The number of carbonyl (C=O) groups excluding carboxylic acids is 1. The first kappa shape index (κ1) is 9.99. The average Bonchev–Trinajstić information content (AvgIpc) is 2.18. The number of rotatable bonds is 3. The molecule has 0 unspecified atom stereocenters. The van der Waals surface area contributed by atoms with E-state index in [1.807, 2.05) is 24.3 Å². The molecule has 1 aromatic rings. The van der Waals surface area contributed by atoms with Gasteiger partial charge in [-0.25, -0.2) is 0 Å². The molecule has 0 aromatic heterocycles. The van der Waals surface area contributed by atoms with Crippen molar-refractivity contribution in [1.82, 2.24) is 0 Å². The fraction of sp³-hybridized carbons (Fsp3) is 0.100. The van der Waals surface area contributed by atoms with E-state index in [2.05, 4.69) is 15.9 Å². The van der Waals surface area contributed by atoms with Crippen LogP contribution in [-0.2, 0) is 4.79 Å². The summed E-state index contributed by atoms with van der Waals surface area (Å²) >= 11 is 3.11. The lowest BCUT2D eigenvalue weighted by Crippen LogP contribution is -1.82. The minimum atomic E-state index is 0.515. The van der Waals surface area contributed by atoms with Crippen LogP contribution in [-0.4, -0.2) is 13.4 Å². The Balaban J connectivity index is 2.95. The molecule has 0 aliphatic carbocycles. The zero-order valence-electron chi connectivity index (χ0n) is 7.16. The lowest BCUT2D eigenvalue weighted by atomic mass is 10.2. The van der Waals surface area contributed by atoms with E-state index in [0.29, 0.717) is 4.48 Å². The Morgan fingerprint density at radius 2 is 2.31 bits per heavy atom. The molecule has 0 radical (unpaired) electrons. The maximum Gasteiger partial charge on any atom is 0.157 e. The molecule has 0 heterocycles. The van der Waals surface area contributed by atoms with Crippen LogP contribution < -0.4 is 4.74 Å². The number of methoxy groups -OCH3 is 1. The van der Waals surface area contributed by atoms with Gasteiger partial charge in [-0.2, -0.15) is 0 Å². The summed E-state index contributed by atoms with van der Waals surface area (Å²) in [6.45, 7) is 0. The SMILES string of the molecule is COc1cccc(/C=C(\Br)C=O)c1. The van der Waals surface area contributed by atoms with Crippen LogP contribution in [0.5, 0.6) is 5.75 Å². The van der Waals surface area contributed by atoms with Crippen molar-refractivity contribution in [3.63, 3.8) is 0 Å². The van der Waals surface area contributed by atoms with Gasteiger partial charge in [0.15, 0.2) is 6.29 Å². The van der Waals surface area contributed by atoms with Crippen LogP contribution in [0.1, 0.15) is 5.56 Å². The van der Waals surface area contributed by atoms with Gasteiger partial charge in [0.25, 0.3) is 0 Å². The lowest BCUT2D eigenvalue weighted by molar-refractivity contribution is -0.104. The third-order valence-corrected chi connectivity index (χ3v) is 1.93. The van der Waals surface area contributed by atoms with Crippen molar-refractivity contribution in [1.29, 1.82) is 0 Å². The first-order chi connectivity index (χ1) is 6.26. The molecule has 1 rings (SSSR count). The third-order valence-electron chi connectivity index (χ3n) is 1.51. The maximum atomic E-state index is 10.3. The summed E-state index contributed by atoms with van der Waals surface area (Å²) in [6.07, 6.45) is 2.48. The highest BCUT2D eigenvalue weighted by Gasteiger charge is 1.93. The van der Waals surface area contributed by atoms with Crippen molar-refractivity contribution in [3.05, 3.63) is 34.3 Å². The molecule has 0 aliphatic rings. The molecule has 2 nitrogen and oxygen atoms in total. The number of hydrogen-bond donors (Lipinski definition) is 0.